The van der Waals surface area contributed by atoms with E-state index in [9.17, 15) is 9.59 Å². The summed E-state index contributed by atoms with van der Waals surface area (Å²) in [6.07, 6.45) is 10.9. The summed E-state index contributed by atoms with van der Waals surface area (Å²) in [6, 6.07) is 7.66. The molecular weight excluding hydrogens is 320 g/mol. The molecule has 24 heavy (non-hydrogen) atoms. The number of carboxylic acids is 1. The molecule has 1 aliphatic carbocycles. The van der Waals surface area contributed by atoms with Gasteiger partial charge in [0.1, 0.15) is 0 Å². The Labute approximate surface area is 148 Å². The van der Waals surface area contributed by atoms with E-state index in [0.29, 0.717) is 12.8 Å². The van der Waals surface area contributed by atoms with Crippen LogP contribution in [0.5, 0.6) is 0 Å². The zero-order chi connectivity index (χ0) is 17.4. The molecule has 0 radical (unpaired) electrons. The molecule has 0 atom stereocenters. The fourth-order valence-electron chi connectivity index (χ4n) is 2.67. The second-order valence-corrected chi connectivity index (χ2v) is 6.51. The molecule has 0 amide bonds. The van der Waals surface area contributed by atoms with Gasteiger partial charge in [-0.1, -0.05) is 61.5 Å². The number of benzene rings is 1. The standard InChI is InChI=1S/C20H22O3S/c21-19(8-3-1-2-4-9-20(22)23)16-12-10-15(11-13-16)17-6-5-7-18(24)14-17/h5-6,10-14H,1-4,7-9H2,(H,22,23). The first kappa shape index (κ1) is 18.3. The Balaban J connectivity index is 1.80. The van der Waals surface area contributed by atoms with Crippen LogP contribution in [0.15, 0.2) is 42.5 Å². The van der Waals surface area contributed by atoms with E-state index >= 15 is 0 Å². The van der Waals surface area contributed by atoms with Gasteiger partial charge in [-0.25, -0.2) is 0 Å². The number of carbonyl (C=O) groups excluding carboxylic acids is 1. The van der Waals surface area contributed by atoms with Crippen molar-refractivity contribution in [2.75, 3.05) is 0 Å². The number of aliphatic carboxylic acids is 1. The summed E-state index contributed by atoms with van der Waals surface area (Å²) >= 11 is 5.23. The second kappa shape index (κ2) is 9.28. The van der Waals surface area contributed by atoms with Gasteiger partial charge in [-0.2, -0.15) is 0 Å². The number of hydrogen-bond donors (Lipinski definition) is 1. The molecule has 1 aliphatic rings. The minimum absolute atomic E-state index is 0.142. The van der Waals surface area contributed by atoms with Gasteiger partial charge in [0.25, 0.3) is 0 Å². The molecule has 1 aromatic carbocycles. The molecule has 4 heteroatoms. The first-order valence-electron chi connectivity index (χ1n) is 8.33. The zero-order valence-corrected chi connectivity index (χ0v) is 14.5. The number of ketones is 1. The van der Waals surface area contributed by atoms with Gasteiger partial charge in [0.15, 0.2) is 5.78 Å². The highest BCUT2D eigenvalue weighted by Crippen LogP contribution is 2.21. The average Bonchev–Trinajstić information content (AvgIpc) is 2.57. The Kier molecular flexibility index (Phi) is 7.07. The average molecular weight is 342 g/mol. The van der Waals surface area contributed by atoms with E-state index in [4.69, 9.17) is 17.3 Å². The van der Waals surface area contributed by atoms with Crippen molar-refractivity contribution in [2.24, 2.45) is 0 Å². The molecule has 2 rings (SSSR count). The van der Waals surface area contributed by atoms with Crippen LogP contribution in [0.3, 0.4) is 0 Å². The van der Waals surface area contributed by atoms with Gasteiger partial charge in [0.2, 0.25) is 0 Å². The summed E-state index contributed by atoms with van der Waals surface area (Å²) in [5.74, 6) is -0.613. The van der Waals surface area contributed by atoms with Crippen molar-refractivity contribution in [2.45, 2.75) is 44.9 Å². The van der Waals surface area contributed by atoms with Gasteiger partial charge < -0.3 is 5.11 Å². The number of rotatable bonds is 9. The van der Waals surface area contributed by atoms with Crippen LogP contribution in [-0.4, -0.2) is 21.7 Å². The van der Waals surface area contributed by atoms with E-state index in [0.717, 1.165) is 47.2 Å². The van der Waals surface area contributed by atoms with E-state index in [1.54, 1.807) is 0 Å². The highest BCUT2D eigenvalue weighted by Gasteiger charge is 2.08. The van der Waals surface area contributed by atoms with Crippen molar-refractivity contribution < 1.29 is 14.7 Å². The maximum Gasteiger partial charge on any atom is 0.303 e. The molecule has 0 saturated carbocycles. The topological polar surface area (TPSA) is 54.4 Å². The SMILES string of the molecule is O=C(O)CCCCCCC(=O)c1ccc(C2=CC(=S)CC=C2)cc1. The van der Waals surface area contributed by atoms with Gasteiger partial charge >= 0.3 is 5.97 Å². The van der Waals surface area contributed by atoms with E-state index in [1.807, 2.05) is 30.3 Å². The highest BCUT2D eigenvalue weighted by molar-refractivity contribution is 7.80. The fraction of sp³-hybridized carbons (Fsp3) is 0.350. The maximum absolute atomic E-state index is 12.2. The molecule has 0 unspecified atom stereocenters. The third-order valence-corrected chi connectivity index (χ3v) is 4.30. The molecule has 126 valence electrons. The van der Waals surface area contributed by atoms with Crippen molar-refractivity contribution in [1.29, 1.82) is 0 Å². The molecule has 0 bridgehead atoms. The number of allylic oxidation sites excluding steroid dienone is 4. The summed E-state index contributed by atoms with van der Waals surface area (Å²) in [5.41, 5.74) is 2.88. The van der Waals surface area contributed by atoms with Gasteiger partial charge in [-0.15, -0.1) is 0 Å². The number of carboxylic acid groups (broad SMARTS) is 1. The minimum Gasteiger partial charge on any atom is -0.481 e. The molecule has 0 aliphatic heterocycles. The van der Waals surface area contributed by atoms with Crippen molar-refractivity contribution in [3.8, 4) is 0 Å². The van der Waals surface area contributed by atoms with Crippen LogP contribution < -0.4 is 0 Å². The van der Waals surface area contributed by atoms with Crippen molar-refractivity contribution in [3.63, 3.8) is 0 Å². The second-order valence-electron chi connectivity index (χ2n) is 5.98. The third kappa shape index (κ3) is 5.85. The number of thiocarbonyl (C=S) groups is 1. The normalized spacial score (nSPS) is 13.7. The van der Waals surface area contributed by atoms with E-state index in [-0.39, 0.29) is 12.2 Å². The lowest BCUT2D eigenvalue weighted by Crippen LogP contribution is -2.00. The van der Waals surface area contributed by atoms with Crippen LogP contribution >= 0.6 is 12.2 Å². The van der Waals surface area contributed by atoms with Gasteiger partial charge in [-0.05, 0) is 30.1 Å². The fourth-order valence-corrected chi connectivity index (χ4v) is 2.89. The first-order chi connectivity index (χ1) is 11.6. The summed E-state index contributed by atoms with van der Waals surface area (Å²) in [4.78, 5) is 23.5. The Morgan fingerprint density at radius 1 is 1.00 bits per heavy atom. The molecule has 3 nitrogen and oxygen atoms in total. The van der Waals surface area contributed by atoms with Crippen LogP contribution in [0.2, 0.25) is 0 Å². The van der Waals surface area contributed by atoms with Crippen molar-refractivity contribution >= 4 is 34.4 Å². The largest absolute Gasteiger partial charge is 0.481 e. The molecule has 0 aromatic heterocycles. The number of Topliss-reactive ketones (excluding diaryl/α,β-unsaturated/α-hetero) is 1. The monoisotopic (exact) mass is 342 g/mol. The summed E-state index contributed by atoms with van der Waals surface area (Å²) in [6.45, 7) is 0. The van der Waals surface area contributed by atoms with Crippen molar-refractivity contribution in [1.82, 2.24) is 0 Å². The lowest BCUT2D eigenvalue weighted by molar-refractivity contribution is -0.137. The van der Waals surface area contributed by atoms with E-state index in [2.05, 4.69) is 12.2 Å². The number of hydrogen-bond acceptors (Lipinski definition) is 3. The zero-order valence-electron chi connectivity index (χ0n) is 13.7. The molecule has 0 heterocycles. The number of carbonyl (C=O) groups is 2. The van der Waals surface area contributed by atoms with Crippen LogP contribution in [0.4, 0.5) is 0 Å². The van der Waals surface area contributed by atoms with Gasteiger partial charge in [0, 0.05) is 29.7 Å². The predicted octanol–water partition coefficient (Wildman–Crippen LogP) is 5.01. The lowest BCUT2D eigenvalue weighted by Gasteiger charge is -2.09. The van der Waals surface area contributed by atoms with Crippen LogP contribution in [0.25, 0.3) is 5.57 Å². The summed E-state index contributed by atoms with van der Waals surface area (Å²) in [7, 11) is 0. The smallest absolute Gasteiger partial charge is 0.303 e. The maximum atomic E-state index is 12.2. The highest BCUT2D eigenvalue weighted by atomic mass is 32.1. The van der Waals surface area contributed by atoms with E-state index in [1.165, 1.54) is 0 Å². The molecule has 1 N–H and O–H groups in total. The predicted molar refractivity (Wildman–Crippen MR) is 100 cm³/mol. The Morgan fingerprint density at radius 3 is 2.29 bits per heavy atom. The summed E-state index contributed by atoms with van der Waals surface area (Å²) < 4.78 is 0. The summed E-state index contributed by atoms with van der Waals surface area (Å²) in [5, 5.41) is 8.57. The number of unbranched alkanes of at least 4 members (excludes halogenated alkanes) is 3. The third-order valence-electron chi connectivity index (χ3n) is 4.02. The first-order valence-corrected chi connectivity index (χ1v) is 8.73. The van der Waals surface area contributed by atoms with Gasteiger partial charge in [0.05, 0.1) is 0 Å². The Bertz CT molecular complexity index is 669. The lowest BCUT2D eigenvalue weighted by atomic mass is 9.97. The molecule has 0 fully saturated rings. The Morgan fingerprint density at radius 2 is 1.67 bits per heavy atom. The molecule has 0 spiro atoms. The Hall–Kier alpha value is -2.07. The van der Waals surface area contributed by atoms with E-state index < -0.39 is 5.97 Å². The van der Waals surface area contributed by atoms with Crippen molar-refractivity contribution in [3.05, 3.63) is 53.6 Å². The quantitative estimate of drug-likeness (QED) is 0.389. The van der Waals surface area contributed by atoms with Gasteiger partial charge in [-0.3, -0.25) is 9.59 Å². The molecule has 0 saturated heterocycles. The van der Waals surface area contributed by atoms with Crippen LogP contribution in [-0.2, 0) is 4.79 Å². The molecule has 1 aromatic rings. The van der Waals surface area contributed by atoms with Crippen LogP contribution in [0, 0.1) is 0 Å². The molecular formula is C20H22O3S. The minimum atomic E-state index is -0.755. The van der Waals surface area contributed by atoms with Crippen LogP contribution in [0.1, 0.15) is 60.9 Å².